The summed E-state index contributed by atoms with van der Waals surface area (Å²) >= 11 is 0. The van der Waals surface area contributed by atoms with Gasteiger partial charge in [0.2, 0.25) is 11.8 Å². The van der Waals surface area contributed by atoms with Crippen LogP contribution in [0, 0.1) is 0 Å². The molecule has 0 radical (unpaired) electrons. The Balaban J connectivity index is 2.45. The van der Waals surface area contributed by atoms with Crippen LogP contribution >= 0.6 is 15.6 Å². The van der Waals surface area contributed by atoms with Gasteiger partial charge in [-0.1, -0.05) is 220 Å². The first-order valence-corrected chi connectivity index (χ1v) is 38.1. The summed E-state index contributed by atoms with van der Waals surface area (Å²) in [6.45, 7) is 7.91. The second kappa shape index (κ2) is 52.5. The number of unbranched alkanes of at least 4 members (excludes halogenated alkanes) is 30. The molecule has 0 aromatic carbocycles. The number of rotatable bonds is 59. The molecule has 2 heterocycles. The van der Waals surface area contributed by atoms with Crippen molar-refractivity contribution in [2.75, 3.05) is 40.6 Å². The van der Waals surface area contributed by atoms with Crippen LogP contribution < -0.4 is 10.6 Å². The molecule has 0 aromatic rings. The molecule has 89 heavy (non-hydrogen) atoms. The molecule has 524 valence electrons. The minimum absolute atomic E-state index is 0.00889. The Morgan fingerprint density at radius 2 is 0.921 bits per heavy atom. The predicted octanol–water partition coefficient (Wildman–Crippen LogP) is 13.6. The first-order chi connectivity index (χ1) is 42.9. The van der Waals surface area contributed by atoms with Crippen molar-refractivity contribution < 1.29 is 90.4 Å². The van der Waals surface area contributed by atoms with Gasteiger partial charge in [0, 0.05) is 40.3 Å². The van der Waals surface area contributed by atoms with Crippen LogP contribution in [0.25, 0.3) is 0 Å². The maximum absolute atomic E-state index is 14.1. The summed E-state index contributed by atoms with van der Waals surface area (Å²) in [6, 6.07) is -2.84. The highest BCUT2D eigenvalue weighted by atomic mass is 31.2. The average Bonchev–Trinajstić information content (AvgIpc) is 0.966. The number of amides is 2. The third-order valence-electron chi connectivity index (χ3n) is 16.8. The number of carbonyl (C=O) groups is 3. The van der Waals surface area contributed by atoms with Crippen molar-refractivity contribution in [1.82, 2.24) is 10.6 Å². The summed E-state index contributed by atoms with van der Waals surface area (Å²) < 4.78 is 79.3. The Kier molecular flexibility index (Phi) is 49.2. The molecule has 7 N–H and O–H groups in total. The van der Waals surface area contributed by atoms with E-state index in [1.807, 2.05) is 0 Å². The standard InChI is InChI=1S/C66H126N2O19P2/c1-7-11-15-19-22-25-26-27-28-29-30-32-34-38-42-46-57(70)67-60-64(82-49-47-54(80-6)45-41-36-18-14-10-4)62(86-88(73,74)75)56(51-79-5)85-65(60)83-52-55-61(72)63(81-48-43-39-35-24-21-17-13-9-3)59(66(84-55)87-89(76,77)78)68-58(71)50-53(69)44-40-37-33-31-23-20-16-12-8-2/h25-26,54-56,59-66,72H,7-24,27-52H2,1-6H3,(H,67,70)(H,68,71)(H2,73,74,75)(H2,76,77,78)/t54-,55-,56-,59-,60-,61-,62-,63-,64-,65-,66+/m1/s1. The quantitative estimate of drug-likeness (QED) is 0.0129. The van der Waals surface area contributed by atoms with Crippen LogP contribution in [0.2, 0.25) is 0 Å². The fourth-order valence-electron chi connectivity index (χ4n) is 11.7. The highest BCUT2D eigenvalue weighted by Gasteiger charge is 2.53. The van der Waals surface area contributed by atoms with E-state index in [0.717, 1.165) is 161 Å². The van der Waals surface area contributed by atoms with Gasteiger partial charge in [0.1, 0.15) is 54.5 Å². The Labute approximate surface area is 536 Å². The maximum Gasteiger partial charge on any atom is 0.472 e. The molecule has 21 nitrogen and oxygen atoms in total. The van der Waals surface area contributed by atoms with Crippen LogP contribution in [0.4, 0.5) is 0 Å². The molecule has 2 rings (SSSR count). The summed E-state index contributed by atoms with van der Waals surface area (Å²) in [7, 11) is -7.69. The van der Waals surface area contributed by atoms with E-state index in [-0.39, 0.29) is 44.5 Å². The average molecular weight is 1310 g/mol. The largest absolute Gasteiger partial charge is 0.472 e. The normalized spacial score (nSPS) is 22.9. The number of ketones is 1. The second-order valence-electron chi connectivity index (χ2n) is 24.8. The zero-order chi connectivity index (χ0) is 65.4. The number of aliphatic hydroxyl groups is 1. The van der Waals surface area contributed by atoms with Crippen LogP contribution in [-0.4, -0.2) is 150 Å². The Bertz CT molecular complexity index is 1900. The van der Waals surface area contributed by atoms with Gasteiger partial charge in [-0.25, -0.2) is 9.13 Å². The summed E-state index contributed by atoms with van der Waals surface area (Å²) in [5, 5.41) is 17.9. The molecule has 0 saturated carbocycles. The lowest BCUT2D eigenvalue weighted by atomic mass is 9.95. The topological polar surface area (TPSA) is 294 Å². The number of carbonyl (C=O) groups excluding carboxylic acids is 3. The van der Waals surface area contributed by atoms with Gasteiger partial charge in [-0.2, -0.15) is 0 Å². The van der Waals surface area contributed by atoms with Crippen molar-refractivity contribution in [1.29, 1.82) is 0 Å². The molecule has 0 aliphatic carbocycles. The third kappa shape index (κ3) is 41.0. The molecule has 2 saturated heterocycles. The van der Waals surface area contributed by atoms with Crippen molar-refractivity contribution in [3.8, 4) is 0 Å². The minimum Gasteiger partial charge on any atom is -0.388 e. The van der Waals surface area contributed by atoms with Crippen LogP contribution in [0.15, 0.2) is 12.2 Å². The summed E-state index contributed by atoms with van der Waals surface area (Å²) in [5.74, 6) is -1.52. The number of ether oxygens (including phenoxy) is 7. The van der Waals surface area contributed by atoms with E-state index in [0.29, 0.717) is 25.7 Å². The zero-order valence-electron chi connectivity index (χ0n) is 56.0. The maximum atomic E-state index is 14.1. The highest BCUT2D eigenvalue weighted by Crippen LogP contribution is 2.44. The lowest BCUT2D eigenvalue weighted by molar-refractivity contribution is -0.301. The number of aliphatic hydroxyl groups excluding tert-OH is 1. The van der Waals surface area contributed by atoms with Gasteiger partial charge in [-0.15, -0.1) is 0 Å². The van der Waals surface area contributed by atoms with E-state index in [1.165, 1.54) is 58.5 Å². The van der Waals surface area contributed by atoms with E-state index in [1.54, 1.807) is 7.11 Å². The number of Topliss-reactive ketones (excluding diaryl/α,β-unsaturated/α-hetero) is 1. The molecule has 2 amide bonds. The van der Waals surface area contributed by atoms with Crippen LogP contribution in [0.5, 0.6) is 0 Å². The molecule has 0 unspecified atom stereocenters. The Morgan fingerprint density at radius 3 is 1.45 bits per heavy atom. The number of phosphoric ester groups is 2. The number of methoxy groups -OCH3 is 2. The number of hydrogen-bond donors (Lipinski definition) is 7. The molecule has 2 aliphatic heterocycles. The van der Waals surface area contributed by atoms with E-state index in [4.69, 9.17) is 42.2 Å². The SMILES string of the molecule is CCCCCCC=CCCCCCCCCCC(=O)N[C@H]1[C@H](OC[C@H]2O[C@@H](OP(=O)(O)O)[C@H](NC(=O)CC(=O)CCCCCCCCCCC)[C@@H](OCCCCCCCCCC)[C@@H]2O)O[C@H](COC)[C@@H](OP(=O)(O)O)[C@@H]1OCC[C@@H](CCCCCCC)OC. The number of phosphoric acid groups is 2. The van der Waals surface area contributed by atoms with E-state index in [9.17, 15) is 48.2 Å². The number of allylic oxidation sites excluding steroid dienone is 2. The Hall–Kier alpha value is -1.75. The van der Waals surface area contributed by atoms with Crippen molar-refractivity contribution in [3.05, 3.63) is 12.2 Å². The fraction of sp³-hybridized carbons (Fsp3) is 0.924. The first kappa shape index (κ1) is 83.3. The zero-order valence-corrected chi connectivity index (χ0v) is 57.8. The van der Waals surface area contributed by atoms with Crippen molar-refractivity contribution >= 4 is 33.2 Å². The van der Waals surface area contributed by atoms with Gasteiger partial charge in [0.25, 0.3) is 0 Å². The first-order valence-electron chi connectivity index (χ1n) is 35.0. The van der Waals surface area contributed by atoms with Gasteiger partial charge in [-0.05, 0) is 57.8 Å². The van der Waals surface area contributed by atoms with E-state index < -0.39 is 102 Å². The minimum atomic E-state index is -5.39. The van der Waals surface area contributed by atoms with Crippen LogP contribution in [0.3, 0.4) is 0 Å². The molecule has 0 aromatic heterocycles. The summed E-state index contributed by atoms with van der Waals surface area (Å²) in [5.41, 5.74) is 0. The van der Waals surface area contributed by atoms with E-state index >= 15 is 0 Å². The molecular weight excluding hydrogens is 1190 g/mol. The molecule has 23 heteroatoms. The lowest BCUT2D eigenvalue weighted by Crippen LogP contribution is -2.67. The van der Waals surface area contributed by atoms with Gasteiger partial charge in [0.15, 0.2) is 12.6 Å². The molecule has 0 spiro atoms. The molecule has 2 aliphatic rings. The van der Waals surface area contributed by atoms with Gasteiger partial charge >= 0.3 is 15.6 Å². The molecule has 0 bridgehead atoms. The number of hydrogen-bond acceptors (Lipinski definition) is 15. The highest BCUT2D eigenvalue weighted by molar-refractivity contribution is 7.46. The molecular formula is C66H126N2O19P2. The number of nitrogens with one attached hydrogen (secondary N) is 2. The van der Waals surface area contributed by atoms with Gasteiger partial charge in [-0.3, -0.25) is 23.4 Å². The summed E-state index contributed by atoms with van der Waals surface area (Å²) in [6.07, 6.45) is 29.6. The van der Waals surface area contributed by atoms with Crippen molar-refractivity contribution in [2.24, 2.45) is 0 Å². The van der Waals surface area contributed by atoms with Crippen molar-refractivity contribution in [3.63, 3.8) is 0 Å². The summed E-state index contributed by atoms with van der Waals surface area (Å²) in [4.78, 5) is 82.2. The van der Waals surface area contributed by atoms with Crippen molar-refractivity contribution in [2.45, 2.75) is 352 Å². The van der Waals surface area contributed by atoms with Crippen LogP contribution in [0.1, 0.15) is 285 Å². The van der Waals surface area contributed by atoms with Gasteiger partial charge < -0.3 is 68.5 Å². The van der Waals surface area contributed by atoms with Crippen LogP contribution in [-0.2, 0) is 65.7 Å². The Morgan fingerprint density at radius 1 is 0.472 bits per heavy atom. The third-order valence-corrected chi connectivity index (χ3v) is 17.8. The second-order valence-corrected chi connectivity index (χ2v) is 27.2. The fourth-order valence-corrected chi connectivity index (χ4v) is 12.7. The molecule has 2 fully saturated rings. The monoisotopic (exact) mass is 1310 g/mol. The van der Waals surface area contributed by atoms with E-state index in [2.05, 4.69) is 50.5 Å². The lowest BCUT2D eigenvalue weighted by Gasteiger charge is -2.47. The predicted molar refractivity (Wildman–Crippen MR) is 347 cm³/mol. The molecule has 11 atom stereocenters. The van der Waals surface area contributed by atoms with Gasteiger partial charge in [0.05, 0.1) is 25.7 Å². The smallest absolute Gasteiger partial charge is 0.388 e.